The highest BCUT2D eigenvalue weighted by Gasteiger charge is 2.28. The highest BCUT2D eigenvalue weighted by Crippen LogP contribution is 2.17. The molecule has 0 saturated carbocycles. The maximum Gasteiger partial charge on any atom is 0.324 e. The number of hydrogen-bond acceptors (Lipinski definition) is 4. The molecule has 0 atom stereocenters. The van der Waals surface area contributed by atoms with Gasteiger partial charge in [-0.15, -0.1) is 0 Å². The van der Waals surface area contributed by atoms with Crippen LogP contribution in [0.15, 0.2) is 48.5 Å². The van der Waals surface area contributed by atoms with Gasteiger partial charge in [-0.1, -0.05) is 30.3 Å². The van der Waals surface area contributed by atoms with Gasteiger partial charge in [-0.3, -0.25) is 14.5 Å². The molecule has 0 radical (unpaired) electrons. The summed E-state index contributed by atoms with van der Waals surface area (Å²) in [5, 5.41) is 5.36. The molecule has 140 valence electrons. The number of rotatable bonds is 7. The van der Waals surface area contributed by atoms with Gasteiger partial charge < -0.3 is 15.4 Å². The Hall–Kier alpha value is -3.35. The zero-order chi connectivity index (χ0) is 19.2. The molecule has 1 fully saturated rings. The lowest BCUT2D eigenvalue weighted by atomic mass is 10.1. The Morgan fingerprint density at radius 1 is 1.15 bits per heavy atom. The first kappa shape index (κ1) is 18.4. The first-order valence-corrected chi connectivity index (χ1v) is 8.65. The molecule has 1 heterocycles. The fourth-order valence-corrected chi connectivity index (χ4v) is 2.88. The van der Waals surface area contributed by atoms with Crippen molar-refractivity contribution in [2.45, 2.75) is 13.0 Å². The fourth-order valence-electron chi connectivity index (χ4n) is 2.88. The third-order valence-electron chi connectivity index (χ3n) is 4.37. The average Bonchev–Trinajstić information content (AvgIpc) is 3.01. The van der Waals surface area contributed by atoms with Gasteiger partial charge in [0.1, 0.15) is 5.75 Å². The Morgan fingerprint density at radius 2 is 1.89 bits per heavy atom. The van der Waals surface area contributed by atoms with Crippen LogP contribution < -0.4 is 15.4 Å². The molecule has 2 aromatic rings. The molecule has 2 aromatic carbocycles. The minimum Gasteiger partial charge on any atom is -0.496 e. The second-order valence-electron chi connectivity index (χ2n) is 6.15. The number of methoxy groups -OCH3 is 1. The number of ether oxygens (including phenoxy) is 1. The van der Waals surface area contributed by atoms with Crippen LogP contribution in [0.25, 0.3) is 0 Å². The summed E-state index contributed by atoms with van der Waals surface area (Å²) in [6, 6.07) is 14.2. The molecule has 0 spiro atoms. The van der Waals surface area contributed by atoms with E-state index < -0.39 is 6.03 Å². The molecule has 1 aliphatic heterocycles. The maximum absolute atomic E-state index is 12.3. The highest BCUT2D eigenvalue weighted by atomic mass is 16.5. The summed E-state index contributed by atoms with van der Waals surface area (Å²) in [4.78, 5) is 36.6. The number of para-hydroxylation sites is 1. The molecular formula is C20H21N3O4. The van der Waals surface area contributed by atoms with Crippen LogP contribution in [-0.2, 0) is 17.8 Å². The number of amides is 4. The van der Waals surface area contributed by atoms with E-state index >= 15 is 0 Å². The van der Waals surface area contributed by atoms with Crippen molar-refractivity contribution >= 4 is 17.8 Å². The smallest absolute Gasteiger partial charge is 0.324 e. The van der Waals surface area contributed by atoms with Crippen LogP contribution in [-0.4, -0.2) is 42.9 Å². The molecule has 0 unspecified atom stereocenters. The van der Waals surface area contributed by atoms with E-state index in [2.05, 4.69) is 10.6 Å². The van der Waals surface area contributed by atoms with Crippen molar-refractivity contribution < 1.29 is 19.1 Å². The van der Waals surface area contributed by atoms with Crippen molar-refractivity contribution in [3.05, 3.63) is 65.2 Å². The van der Waals surface area contributed by atoms with Crippen LogP contribution >= 0.6 is 0 Å². The Kier molecular flexibility index (Phi) is 5.71. The minimum atomic E-state index is -0.391. The maximum atomic E-state index is 12.3. The zero-order valence-corrected chi connectivity index (χ0v) is 15.0. The van der Waals surface area contributed by atoms with Crippen LogP contribution in [0.1, 0.15) is 21.5 Å². The molecule has 0 aromatic heterocycles. The standard InChI is InChI=1S/C20H21N3O4/c1-27-17-5-3-2-4-15(17)10-11-21-19(25)16-8-6-14(7-9-16)13-23-18(24)12-22-20(23)26/h2-9H,10-13H2,1H3,(H,21,25)(H,22,26). The van der Waals surface area contributed by atoms with Crippen LogP contribution in [0, 0.1) is 0 Å². The molecule has 0 bridgehead atoms. The van der Waals surface area contributed by atoms with Crippen molar-refractivity contribution in [3.8, 4) is 5.75 Å². The van der Waals surface area contributed by atoms with Gasteiger partial charge in [0.15, 0.2) is 0 Å². The van der Waals surface area contributed by atoms with Crippen LogP contribution in [0.5, 0.6) is 5.75 Å². The third-order valence-corrected chi connectivity index (χ3v) is 4.37. The summed E-state index contributed by atoms with van der Waals surface area (Å²) in [5.74, 6) is 0.376. The Labute approximate surface area is 157 Å². The van der Waals surface area contributed by atoms with Gasteiger partial charge >= 0.3 is 6.03 Å². The van der Waals surface area contributed by atoms with E-state index in [0.717, 1.165) is 21.8 Å². The highest BCUT2D eigenvalue weighted by molar-refractivity contribution is 6.01. The molecular weight excluding hydrogens is 346 g/mol. The number of nitrogens with zero attached hydrogens (tertiary/aromatic N) is 1. The number of carbonyl (C=O) groups is 3. The minimum absolute atomic E-state index is 0.0333. The van der Waals surface area contributed by atoms with Gasteiger partial charge in [-0.2, -0.15) is 0 Å². The molecule has 1 aliphatic rings. The second-order valence-corrected chi connectivity index (χ2v) is 6.15. The van der Waals surface area contributed by atoms with E-state index in [4.69, 9.17) is 4.74 Å². The van der Waals surface area contributed by atoms with Crippen molar-refractivity contribution in [2.75, 3.05) is 20.2 Å². The summed E-state index contributed by atoms with van der Waals surface area (Å²) < 4.78 is 5.30. The van der Waals surface area contributed by atoms with Crippen molar-refractivity contribution in [3.63, 3.8) is 0 Å². The van der Waals surface area contributed by atoms with Gasteiger partial charge in [0.2, 0.25) is 5.91 Å². The number of urea groups is 1. The quantitative estimate of drug-likeness (QED) is 0.730. The Bertz CT molecular complexity index is 833. The van der Waals surface area contributed by atoms with E-state index in [-0.39, 0.29) is 24.9 Å². The van der Waals surface area contributed by atoms with E-state index in [9.17, 15) is 14.4 Å². The molecule has 4 amide bonds. The first-order valence-electron chi connectivity index (χ1n) is 8.65. The number of benzene rings is 2. The third kappa shape index (κ3) is 4.44. The van der Waals surface area contributed by atoms with Crippen molar-refractivity contribution in [2.24, 2.45) is 0 Å². The fraction of sp³-hybridized carbons (Fsp3) is 0.250. The first-order chi connectivity index (χ1) is 13.1. The molecule has 1 saturated heterocycles. The van der Waals surface area contributed by atoms with E-state index in [1.165, 1.54) is 0 Å². The van der Waals surface area contributed by atoms with Crippen LogP contribution in [0.3, 0.4) is 0 Å². The molecule has 7 nitrogen and oxygen atoms in total. The predicted octanol–water partition coefficient (Wildman–Crippen LogP) is 1.72. The lowest BCUT2D eigenvalue weighted by Gasteiger charge is -2.13. The largest absolute Gasteiger partial charge is 0.496 e. The molecule has 2 N–H and O–H groups in total. The number of nitrogens with one attached hydrogen (secondary N) is 2. The molecule has 27 heavy (non-hydrogen) atoms. The summed E-state index contributed by atoms with van der Waals surface area (Å²) in [6.07, 6.45) is 0.667. The zero-order valence-electron chi connectivity index (χ0n) is 15.0. The lowest BCUT2D eigenvalue weighted by Crippen LogP contribution is -2.30. The van der Waals surface area contributed by atoms with Crippen molar-refractivity contribution in [1.29, 1.82) is 0 Å². The second kappa shape index (κ2) is 8.35. The number of hydrogen-bond donors (Lipinski definition) is 2. The molecule has 7 heteroatoms. The van der Waals surface area contributed by atoms with E-state index in [1.807, 2.05) is 24.3 Å². The van der Waals surface area contributed by atoms with Gasteiger partial charge in [0.05, 0.1) is 20.2 Å². The SMILES string of the molecule is COc1ccccc1CCNC(=O)c1ccc(CN2C(=O)CNC2=O)cc1. The molecule has 3 rings (SSSR count). The van der Waals surface area contributed by atoms with E-state index in [0.29, 0.717) is 18.5 Å². The van der Waals surface area contributed by atoms with Crippen molar-refractivity contribution in [1.82, 2.24) is 15.5 Å². The van der Waals surface area contributed by atoms with Gasteiger partial charge in [-0.25, -0.2) is 4.79 Å². The van der Waals surface area contributed by atoms with Gasteiger partial charge in [0, 0.05) is 12.1 Å². The summed E-state index contributed by atoms with van der Waals surface area (Å²) in [7, 11) is 1.62. The lowest BCUT2D eigenvalue weighted by molar-refractivity contribution is -0.125. The summed E-state index contributed by atoms with van der Waals surface area (Å²) >= 11 is 0. The molecule has 0 aliphatic carbocycles. The Morgan fingerprint density at radius 3 is 2.56 bits per heavy atom. The van der Waals surface area contributed by atoms with Crippen LogP contribution in [0.2, 0.25) is 0 Å². The summed E-state index contributed by atoms with van der Waals surface area (Å²) in [5.41, 5.74) is 2.34. The Balaban J connectivity index is 1.53. The topological polar surface area (TPSA) is 87.7 Å². The monoisotopic (exact) mass is 367 g/mol. The predicted molar refractivity (Wildman–Crippen MR) is 99.4 cm³/mol. The van der Waals surface area contributed by atoms with Gasteiger partial charge in [0.25, 0.3) is 5.91 Å². The average molecular weight is 367 g/mol. The van der Waals surface area contributed by atoms with E-state index in [1.54, 1.807) is 31.4 Å². The normalized spacial score (nSPS) is 13.4. The number of carbonyl (C=O) groups excluding carboxylic acids is 3. The summed E-state index contributed by atoms with van der Waals surface area (Å²) in [6.45, 7) is 0.718. The number of imide groups is 1. The van der Waals surface area contributed by atoms with Crippen LogP contribution in [0.4, 0.5) is 4.79 Å². The van der Waals surface area contributed by atoms with Gasteiger partial charge in [-0.05, 0) is 35.7 Å².